The first kappa shape index (κ1) is 12.7. The molecule has 0 saturated heterocycles. The van der Waals surface area contributed by atoms with Crippen molar-refractivity contribution in [1.29, 1.82) is 0 Å². The Morgan fingerprint density at radius 2 is 2.17 bits per heavy atom. The highest BCUT2D eigenvalue weighted by Crippen LogP contribution is 2.33. The van der Waals surface area contributed by atoms with Gasteiger partial charge in [0.25, 0.3) is 0 Å². The van der Waals surface area contributed by atoms with Gasteiger partial charge in [-0.25, -0.2) is 0 Å². The van der Waals surface area contributed by atoms with Crippen LogP contribution < -0.4 is 16.0 Å². The molecule has 1 amide bonds. The molecule has 0 spiro atoms. The predicted molar refractivity (Wildman–Crippen MR) is 75.9 cm³/mol. The van der Waals surface area contributed by atoms with Gasteiger partial charge in [0.2, 0.25) is 5.91 Å². The van der Waals surface area contributed by atoms with E-state index in [9.17, 15) is 4.79 Å². The Hall–Kier alpha value is -1.71. The molecule has 1 aliphatic heterocycles. The zero-order valence-electron chi connectivity index (χ0n) is 11.3. The molecule has 0 unspecified atom stereocenters. The lowest BCUT2D eigenvalue weighted by Crippen LogP contribution is -2.21. The van der Waals surface area contributed by atoms with E-state index in [1.54, 1.807) is 0 Å². The van der Waals surface area contributed by atoms with Crippen molar-refractivity contribution in [2.45, 2.75) is 26.7 Å². The van der Waals surface area contributed by atoms with Gasteiger partial charge >= 0.3 is 0 Å². The molecule has 0 saturated carbocycles. The Bertz CT molecular complexity index is 468. The SMILES string of the molecule is CC(C)CCN(C)c1cc2c(cc1N)CC(=O)N2. The summed E-state index contributed by atoms with van der Waals surface area (Å²) in [5.74, 6) is 0.717. The molecule has 98 valence electrons. The van der Waals surface area contributed by atoms with Crippen molar-refractivity contribution in [2.75, 3.05) is 29.5 Å². The molecule has 1 heterocycles. The molecule has 0 aromatic heterocycles. The number of hydrogen-bond donors (Lipinski definition) is 2. The van der Waals surface area contributed by atoms with E-state index < -0.39 is 0 Å². The van der Waals surface area contributed by atoms with Crippen LogP contribution in [0.4, 0.5) is 17.1 Å². The van der Waals surface area contributed by atoms with Gasteiger partial charge in [0, 0.05) is 19.3 Å². The number of carbonyl (C=O) groups excluding carboxylic acids is 1. The molecule has 1 aromatic carbocycles. The summed E-state index contributed by atoms with van der Waals surface area (Å²) in [5, 5.41) is 2.86. The summed E-state index contributed by atoms with van der Waals surface area (Å²) >= 11 is 0. The number of amides is 1. The fraction of sp³-hybridized carbons (Fsp3) is 0.500. The van der Waals surface area contributed by atoms with Gasteiger partial charge in [0.1, 0.15) is 0 Å². The number of benzene rings is 1. The van der Waals surface area contributed by atoms with Gasteiger partial charge in [-0.15, -0.1) is 0 Å². The monoisotopic (exact) mass is 247 g/mol. The van der Waals surface area contributed by atoms with Crippen molar-refractivity contribution in [2.24, 2.45) is 5.92 Å². The highest BCUT2D eigenvalue weighted by atomic mass is 16.1. The van der Waals surface area contributed by atoms with E-state index in [0.717, 1.165) is 35.6 Å². The molecular formula is C14H21N3O. The van der Waals surface area contributed by atoms with Crippen LogP contribution in [0.5, 0.6) is 0 Å². The van der Waals surface area contributed by atoms with Crippen molar-refractivity contribution in [3.63, 3.8) is 0 Å². The number of nitrogen functional groups attached to an aromatic ring is 1. The Morgan fingerprint density at radius 1 is 1.44 bits per heavy atom. The highest BCUT2D eigenvalue weighted by molar-refractivity contribution is 6.00. The van der Waals surface area contributed by atoms with Crippen LogP contribution in [-0.2, 0) is 11.2 Å². The first-order valence-electron chi connectivity index (χ1n) is 6.40. The zero-order chi connectivity index (χ0) is 13.3. The first-order valence-corrected chi connectivity index (χ1v) is 6.40. The maximum absolute atomic E-state index is 11.3. The molecule has 0 atom stereocenters. The standard InChI is InChI=1S/C14H21N3O/c1-9(2)4-5-17(3)13-8-12-10(6-11(13)15)7-14(18)16-12/h6,8-9H,4-5,7,15H2,1-3H3,(H,16,18). The van der Waals surface area contributed by atoms with Gasteiger partial charge in [-0.2, -0.15) is 0 Å². The molecule has 0 fully saturated rings. The molecule has 0 aliphatic carbocycles. The fourth-order valence-electron chi connectivity index (χ4n) is 2.19. The topological polar surface area (TPSA) is 58.4 Å². The molecule has 0 bridgehead atoms. The van der Waals surface area contributed by atoms with Gasteiger partial charge in [0.15, 0.2) is 0 Å². The second kappa shape index (κ2) is 4.88. The zero-order valence-corrected chi connectivity index (χ0v) is 11.3. The maximum Gasteiger partial charge on any atom is 0.228 e. The Balaban J connectivity index is 2.19. The highest BCUT2D eigenvalue weighted by Gasteiger charge is 2.20. The van der Waals surface area contributed by atoms with Gasteiger partial charge in [0.05, 0.1) is 17.8 Å². The van der Waals surface area contributed by atoms with Crippen LogP contribution >= 0.6 is 0 Å². The smallest absolute Gasteiger partial charge is 0.228 e. The lowest BCUT2D eigenvalue weighted by Gasteiger charge is -2.23. The minimum absolute atomic E-state index is 0.0476. The molecule has 4 nitrogen and oxygen atoms in total. The van der Waals surface area contributed by atoms with Crippen molar-refractivity contribution in [3.8, 4) is 0 Å². The van der Waals surface area contributed by atoms with E-state index in [4.69, 9.17) is 5.73 Å². The normalized spacial score (nSPS) is 13.7. The van der Waals surface area contributed by atoms with E-state index in [-0.39, 0.29) is 5.91 Å². The minimum Gasteiger partial charge on any atom is -0.397 e. The number of nitrogens with two attached hydrogens (primary N) is 1. The quantitative estimate of drug-likeness (QED) is 0.802. The van der Waals surface area contributed by atoms with Crippen LogP contribution in [0.1, 0.15) is 25.8 Å². The number of rotatable bonds is 4. The molecule has 0 radical (unpaired) electrons. The number of nitrogens with one attached hydrogen (secondary N) is 1. The summed E-state index contributed by atoms with van der Waals surface area (Å²) in [6, 6.07) is 3.89. The van der Waals surface area contributed by atoms with Crippen molar-refractivity contribution < 1.29 is 4.79 Å². The summed E-state index contributed by atoms with van der Waals surface area (Å²) in [6.45, 7) is 5.38. The van der Waals surface area contributed by atoms with Crippen molar-refractivity contribution in [1.82, 2.24) is 0 Å². The first-order chi connectivity index (χ1) is 8.47. The molecule has 3 N–H and O–H groups in total. The van der Waals surface area contributed by atoms with Gasteiger partial charge in [-0.1, -0.05) is 13.8 Å². The van der Waals surface area contributed by atoms with Crippen molar-refractivity contribution >= 4 is 23.0 Å². The Kier molecular flexibility index (Phi) is 3.45. The number of nitrogens with zero attached hydrogens (tertiary/aromatic N) is 1. The average molecular weight is 247 g/mol. The average Bonchev–Trinajstić information content (AvgIpc) is 2.64. The predicted octanol–water partition coefficient (Wildman–Crippen LogP) is 2.25. The van der Waals surface area contributed by atoms with Crippen LogP contribution in [0.3, 0.4) is 0 Å². The van der Waals surface area contributed by atoms with Crippen LogP contribution in [-0.4, -0.2) is 19.5 Å². The molecule has 18 heavy (non-hydrogen) atoms. The summed E-state index contributed by atoms with van der Waals surface area (Å²) in [7, 11) is 2.04. The van der Waals surface area contributed by atoms with E-state index in [1.807, 2.05) is 19.2 Å². The third kappa shape index (κ3) is 2.58. The van der Waals surface area contributed by atoms with Crippen LogP contribution in [0.15, 0.2) is 12.1 Å². The van der Waals surface area contributed by atoms with E-state index >= 15 is 0 Å². The van der Waals surface area contributed by atoms with Crippen LogP contribution in [0.2, 0.25) is 0 Å². The van der Waals surface area contributed by atoms with Gasteiger partial charge in [-0.3, -0.25) is 4.79 Å². The summed E-state index contributed by atoms with van der Waals surface area (Å²) in [6.07, 6.45) is 1.56. The van der Waals surface area contributed by atoms with Gasteiger partial charge in [-0.05, 0) is 30.0 Å². The largest absolute Gasteiger partial charge is 0.397 e. The minimum atomic E-state index is 0.0476. The number of fused-ring (bicyclic) bond motifs is 1. The summed E-state index contributed by atoms with van der Waals surface area (Å²) in [5.41, 5.74) is 9.71. The lowest BCUT2D eigenvalue weighted by atomic mass is 10.1. The molecule has 1 aromatic rings. The fourth-order valence-corrected chi connectivity index (χ4v) is 2.19. The Labute approximate surface area is 108 Å². The van der Waals surface area contributed by atoms with Crippen molar-refractivity contribution in [3.05, 3.63) is 17.7 Å². The third-order valence-corrected chi connectivity index (χ3v) is 3.33. The van der Waals surface area contributed by atoms with Crippen LogP contribution in [0.25, 0.3) is 0 Å². The second-order valence-corrected chi connectivity index (χ2v) is 5.40. The van der Waals surface area contributed by atoms with E-state index in [1.165, 1.54) is 0 Å². The molecule has 1 aliphatic rings. The number of hydrogen-bond acceptors (Lipinski definition) is 3. The Morgan fingerprint density at radius 3 is 2.83 bits per heavy atom. The summed E-state index contributed by atoms with van der Waals surface area (Å²) in [4.78, 5) is 13.5. The third-order valence-electron chi connectivity index (χ3n) is 3.33. The molecular weight excluding hydrogens is 226 g/mol. The maximum atomic E-state index is 11.3. The van der Waals surface area contributed by atoms with Crippen LogP contribution in [0, 0.1) is 5.92 Å². The lowest BCUT2D eigenvalue weighted by molar-refractivity contribution is -0.115. The number of carbonyl (C=O) groups is 1. The second-order valence-electron chi connectivity index (χ2n) is 5.40. The molecule has 2 rings (SSSR count). The van der Waals surface area contributed by atoms with Gasteiger partial charge < -0.3 is 16.0 Å². The molecule has 4 heteroatoms. The summed E-state index contributed by atoms with van der Waals surface area (Å²) < 4.78 is 0. The number of anilines is 3. The van der Waals surface area contributed by atoms with E-state index in [2.05, 4.69) is 24.1 Å². The van der Waals surface area contributed by atoms with E-state index in [0.29, 0.717) is 12.3 Å².